The van der Waals surface area contributed by atoms with Crippen molar-refractivity contribution in [3.8, 4) is 11.1 Å². The average Bonchev–Trinajstić information content (AvgIpc) is 2.85. The Kier molecular flexibility index (Phi) is 3.78. The van der Waals surface area contributed by atoms with Crippen molar-refractivity contribution in [2.24, 2.45) is 0 Å². The Hall–Kier alpha value is -1.36. The number of benzene rings is 1. The van der Waals surface area contributed by atoms with Gasteiger partial charge in [0.25, 0.3) is 0 Å². The molecule has 2 nitrogen and oxygen atoms in total. The highest BCUT2D eigenvalue weighted by Crippen LogP contribution is 2.41. The van der Waals surface area contributed by atoms with Gasteiger partial charge in [-0.05, 0) is 18.1 Å². The van der Waals surface area contributed by atoms with Gasteiger partial charge in [0.1, 0.15) is 9.47 Å². The highest BCUT2D eigenvalue weighted by atomic mass is 35.5. The van der Waals surface area contributed by atoms with Crippen LogP contribution < -0.4 is 5.73 Å². The summed E-state index contributed by atoms with van der Waals surface area (Å²) < 4.78 is 0.564. The van der Waals surface area contributed by atoms with Gasteiger partial charge in [0.2, 0.25) is 0 Å². The summed E-state index contributed by atoms with van der Waals surface area (Å²) in [5, 5.41) is 1.77. The van der Waals surface area contributed by atoms with E-state index in [1.807, 2.05) is 24.3 Å². The van der Waals surface area contributed by atoms with E-state index in [0.717, 1.165) is 21.3 Å². The lowest BCUT2D eigenvalue weighted by Crippen LogP contribution is -1.94. The van der Waals surface area contributed by atoms with Crippen molar-refractivity contribution in [3.05, 3.63) is 44.9 Å². The minimum atomic E-state index is 0.463. The predicted molar refractivity (Wildman–Crippen MR) is 96.0 cm³/mol. The SMILES string of the molecule is CC(C)c1cc2c(-c3ccccc3Cl)c(N)c(=S)[nH]c2s1. The Morgan fingerprint density at radius 3 is 2.67 bits per heavy atom. The van der Waals surface area contributed by atoms with Gasteiger partial charge in [0.05, 0.1) is 5.69 Å². The van der Waals surface area contributed by atoms with Crippen LogP contribution in [0.15, 0.2) is 30.3 Å². The van der Waals surface area contributed by atoms with Crippen LogP contribution in [-0.2, 0) is 0 Å². The lowest BCUT2D eigenvalue weighted by Gasteiger charge is -2.09. The first-order chi connectivity index (χ1) is 9.99. The summed E-state index contributed by atoms with van der Waals surface area (Å²) in [7, 11) is 0. The highest BCUT2D eigenvalue weighted by molar-refractivity contribution is 7.71. The van der Waals surface area contributed by atoms with Gasteiger partial charge in [-0.2, -0.15) is 0 Å². The minimum Gasteiger partial charge on any atom is -0.396 e. The van der Waals surface area contributed by atoms with Gasteiger partial charge in [0, 0.05) is 26.4 Å². The lowest BCUT2D eigenvalue weighted by molar-refractivity contribution is 0.890. The summed E-state index contributed by atoms with van der Waals surface area (Å²) in [5.74, 6) is 0.463. The Labute approximate surface area is 137 Å². The second kappa shape index (κ2) is 5.44. The smallest absolute Gasteiger partial charge is 0.128 e. The van der Waals surface area contributed by atoms with E-state index in [2.05, 4.69) is 24.9 Å². The molecule has 108 valence electrons. The first kappa shape index (κ1) is 14.6. The molecule has 0 aliphatic rings. The fourth-order valence-corrected chi connectivity index (χ4v) is 3.93. The molecule has 0 unspecified atom stereocenters. The Bertz CT molecular complexity index is 878. The molecule has 0 atom stereocenters. The van der Waals surface area contributed by atoms with Gasteiger partial charge in [-0.3, -0.25) is 0 Å². The molecule has 0 radical (unpaired) electrons. The number of hydrogen-bond donors (Lipinski definition) is 2. The molecule has 1 aromatic carbocycles. The van der Waals surface area contributed by atoms with Crippen molar-refractivity contribution >= 4 is 51.1 Å². The van der Waals surface area contributed by atoms with Crippen molar-refractivity contribution in [2.45, 2.75) is 19.8 Å². The van der Waals surface area contributed by atoms with Crippen LogP contribution in [-0.4, -0.2) is 4.98 Å². The largest absolute Gasteiger partial charge is 0.396 e. The maximum atomic E-state index is 6.36. The third kappa shape index (κ3) is 2.48. The van der Waals surface area contributed by atoms with Crippen LogP contribution in [0.4, 0.5) is 5.69 Å². The van der Waals surface area contributed by atoms with Gasteiger partial charge in [-0.1, -0.05) is 55.9 Å². The summed E-state index contributed by atoms with van der Waals surface area (Å²) in [6.07, 6.45) is 0. The molecule has 0 fully saturated rings. The van der Waals surface area contributed by atoms with Crippen molar-refractivity contribution in [1.29, 1.82) is 0 Å². The molecule has 5 heteroatoms. The van der Waals surface area contributed by atoms with Crippen molar-refractivity contribution in [3.63, 3.8) is 0 Å². The van der Waals surface area contributed by atoms with Crippen LogP contribution in [0.25, 0.3) is 21.3 Å². The third-order valence-corrected chi connectivity index (χ3v) is 5.48. The maximum Gasteiger partial charge on any atom is 0.128 e. The molecule has 0 aliphatic carbocycles. The van der Waals surface area contributed by atoms with Crippen LogP contribution in [0, 0.1) is 4.64 Å². The molecule has 2 heterocycles. The number of aromatic nitrogens is 1. The fourth-order valence-electron chi connectivity index (χ4n) is 2.36. The molecule has 3 N–H and O–H groups in total. The number of nitrogens with one attached hydrogen (secondary N) is 1. The van der Waals surface area contributed by atoms with E-state index in [1.54, 1.807) is 11.3 Å². The third-order valence-electron chi connectivity index (χ3n) is 3.47. The van der Waals surface area contributed by atoms with Crippen molar-refractivity contribution < 1.29 is 0 Å². The molecule has 0 saturated carbocycles. The normalized spacial score (nSPS) is 11.4. The Balaban J connectivity index is 2.43. The average molecular weight is 335 g/mol. The van der Waals surface area contributed by atoms with E-state index in [4.69, 9.17) is 29.6 Å². The number of nitrogens with two attached hydrogens (primary N) is 1. The number of pyridine rings is 1. The van der Waals surface area contributed by atoms with Crippen LogP contribution in [0.5, 0.6) is 0 Å². The number of rotatable bonds is 2. The first-order valence-corrected chi connectivity index (χ1v) is 8.29. The summed E-state index contributed by atoms with van der Waals surface area (Å²) >= 11 is 13.4. The number of hydrogen-bond acceptors (Lipinski definition) is 3. The van der Waals surface area contributed by atoms with Gasteiger partial charge >= 0.3 is 0 Å². The molecular formula is C16H15ClN2S2. The Morgan fingerprint density at radius 1 is 1.29 bits per heavy atom. The number of anilines is 1. The zero-order valence-corrected chi connectivity index (χ0v) is 14.1. The van der Waals surface area contributed by atoms with E-state index >= 15 is 0 Å². The lowest BCUT2D eigenvalue weighted by atomic mass is 10.0. The van der Waals surface area contributed by atoms with Crippen LogP contribution in [0.3, 0.4) is 0 Å². The van der Waals surface area contributed by atoms with Gasteiger partial charge in [-0.15, -0.1) is 11.3 Å². The van der Waals surface area contributed by atoms with Gasteiger partial charge in [-0.25, -0.2) is 0 Å². The van der Waals surface area contributed by atoms with Gasteiger partial charge < -0.3 is 10.7 Å². The minimum absolute atomic E-state index is 0.463. The topological polar surface area (TPSA) is 41.8 Å². The molecule has 3 rings (SSSR count). The standard InChI is InChI=1S/C16H15ClN2S2/c1-8(2)12-7-10-13(9-5-3-4-6-11(9)17)14(18)15(20)19-16(10)21-12/h3-8H,18H2,1-2H3,(H,19,20). The molecule has 2 aromatic heterocycles. The number of fused-ring (bicyclic) bond motifs is 1. The zero-order valence-electron chi connectivity index (χ0n) is 11.7. The van der Waals surface area contributed by atoms with Crippen molar-refractivity contribution in [1.82, 2.24) is 4.98 Å². The second-order valence-corrected chi connectivity index (χ2v) is 7.17. The molecule has 0 amide bonds. The monoisotopic (exact) mass is 334 g/mol. The fraction of sp³-hybridized carbons (Fsp3) is 0.188. The van der Waals surface area contributed by atoms with E-state index in [9.17, 15) is 0 Å². The van der Waals surface area contributed by atoms with E-state index in [0.29, 0.717) is 21.3 Å². The maximum absolute atomic E-state index is 6.36. The summed E-state index contributed by atoms with van der Waals surface area (Å²) in [6.45, 7) is 4.36. The summed E-state index contributed by atoms with van der Waals surface area (Å²) in [5.41, 5.74) is 8.69. The zero-order chi connectivity index (χ0) is 15.1. The molecule has 0 spiro atoms. The van der Waals surface area contributed by atoms with Crippen molar-refractivity contribution in [2.75, 3.05) is 5.73 Å². The first-order valence-electron chi connectivity index (χ1n) is 6.69. The van der Waals surface area contributed by atoms with E-state index in [-0.39, 0.29) is 0 Å². The van der Waals surface area contributed by atoms with Crippen LogP contribution >= 0.6 is 35.2 Å². The number of thiophene rings is 1. The van der Waals surface area contributed by atoms with Crippen LogP contribution in [0.1, 0.15) is 24.6 Å². The predicted octanol–water partition coefficient (Wildman–Crippen LogP) is 5.98. The molecule has 21 heavy (non-hydrogen) atoms. The second-order valence-electron chi connectivity index (χ2n) is 5.27. The van der Waals surface area contributed by atoms with Crippen LogP contribution in [0.2, 0.25) is 5.02 Å². The number of H-pyrrole nitrogens is 1. The number of halogens is 1. The Morgan fingerprint density at radius 2 is 2.00 bits per heavy atom. The molecule has 3 aromatic rings. The summed E-state index contributed by atoms with van der Waals surface area (Å²) in [4.78, 5) is 5.58. The summed E-state index contributed by atoms with van der Waals surface area (Å²) in [6, 6.07) is 9.91. The molecule has 0 bridgehead atoms. The quantitative estimate of drug-likeness (QED) is 0.565. The van der Waals surface area contributed by atoms with E-state index < -0.39 is 0 Å². The molecular weight excluding hydrogens is 320 g/mol. The molecule has 0 saturated heterocycles. The highest BCUT2D eigenvalue weighted by Gasteiger charge is 2.16. The molecule has 0 aliphatic heterocycles. The number of aromatic amines is 1. The van der Waals surface area contributed by atoms with E-state index in [1.165, 1.54) is 4.88 Å². The van der Waals surface area contributed by atoms with Gasteiger partial charge in [0.15, 0.2) is 0 Å². The number of nitrogen functional groups attached to an aromatic ring is 1.